The number of hydrogen-bond donors (Lipinski definition) is 0. The maximum atomic E-state index is 15.6. The molecule has 2 rings (SSSR count). The molecule has 0 heterocycles. The van der Waals surface area contributed by atoms with E-state index < -0.39 is 5.67 Å². The van der Waals surface area contributed by atoms with Crippen molar-refractivity contribution in [3.05, 3.63) is 82.5 Å². The van der Waals surface area contributed by atoms with Crippen molar-refractivity contribution in [3.8, 4) is 0 Å². The first-order valence-electron chi connectivity index (χ1n) is 12.3. The third kappa shape index (κ3) is 6.31. The summed E-state index contributed by atoms with van der Waals surface area (Å²) in [6.45, 7) is 19.1. The molecule has 0 amide bonds. The Morgan fingerprint density at radius 1 is 1.13 bits per heavy atom. The molecule has 1 saturated carbocycles. The SMILES string of the molecule is C=C/C(=C\C)C1=CC(CC2(F)CCCCC2)CC(/C=C(C=C)/C(CC)=C(\C)CC)=C1C. The molecule has 0 aromatic rings. The van der Waals surface area contributed by atoms with Crippen molar-refractivity contribution in [1.29, 1.82) is 0 Å². The lowest BCUT2D eigenvalue weighted by Crippen LogP contribution is -2.29. The summed E-state index contributed by atoms with van der Waals surface area (Å²) in [6, 6.07) is 0. The maximum Gasteiger partial charge on any atom is 0.111 e. The Morgan fingerprint density at radius 3 is 2.32 bits per heavy atom. The highest BCUT2D eigenvalue weighted by Crippen LogP contribution is 2.43. The summed E-state index contributed by atoms with van der Waals surface area (Å²) < 4.78 is 15.6. The lowest BCUT2D eigenvalue weighted by Gasteiger charge is -2.34. The van der Waals surface area contributed by atoms with Crippen LogP contribution in [-0.4, -0.2) is 5.67 Å². The van der Waals surface area contributed by atoms with E-state index in [2.05, 4.69) is 66.0 Å². The molecule has 1 atom stereocenters. The average molecular weight is 423 g/mol. The standard InChI is InChI=1S/C30H43F/c1-8-22(6)28(12-5)26(11-4)20-27-18-24(21-30(31)16-14-13-15-17-30)19-29(23(27)7)25(9-2)10-3/h9-11,19-20,24H,2,4,8,12-18,21H2,1,3,5-7H3/b25-10+,26-20+,28-22+. The summed E-state index contributed by atoms with van der Waals surface area (Å²) in [7, 11) is 0. The van der Waals surface area contributed by atoms with Crippen molar-refractivity contribution >= 4 is 0 Å². The molecule has 0 aliphatic heterocycles. The highest BCUT2D eigenvalue weighted by atomic mass is 19.1. The smallest absolute Gasteiger partial charge is 0.111 e. The minimum Gasteiger partial charge on any atom is -0.244 e. The third-order valence-corrected chi connectivity index (χ3v) is 7.29. The summed E-state index contributed by atoms with van der Waals surface area (Å²) in [5, 5.41) is 0. The molecule has 0 N–H and O–H groups in total. The number of halogens is 1. The molecule has 1 heteroatoms. The molecule has 0 aromatic carbocycles. The number of alkyl halides is 1. The summed E-state index contributed by atoms with van der Waals surface area (Å²) in [5.41, 5.74) is 7.96. The van der Waals surface area contributed by atoms with Gasteiger partial charge in [-0.05, 0) is 98.7 Å². The van der Waals surface area contributed by atoms with E-state index in [1.165, 1.54) is 39.9 Å². The van der Waals surface area contributed by atoms with E-state index in [4.69, 9.17) is 0 Å². The van der Waals surface area contributed by atoms with Gasteiger partial charge >= 0.3 is 0 Å². The van der Waals surface area contributed by atoms with Crippen LogP contribution < -0.4 is 0 Å². The Labute approximate surface area is 191 Å². The second kappa shape index (κ2) is 11.7. The first-order chi connectivity index (χ1) is 14.8. The summed E-state index contributed by atoms with van der Waals surface area (Å²) in [4.78, 5) is 0. The largest absolute Gasteiger partial charge is 0.244 e. The maximum absolute atomic E-state index is 15.6. The van der Waals surface area contributed by atoms with Gasteiger partial charge in [0.05, 0.1) is 0 Å². The van der Waals surface area contributed by atoms with Crippen LogP contribution in [0.3, 0.4) is 0 Å². The van der Waals surface area contributed by atoms with Gasteiger partial charge in [-0.25, -0.2) is 4.39 Å². The highest BCUT2D eigenvalue weighted by Gasteiger charge is 2.35. The summed E-state index contributed by atoms with van der Waals surface area (Å²) in [6.07, 6.45) is 18.9. The Kier molecular flexibility index (Phi) is 9.54. The van der Waals surface area contributed by atoms with Crippen LogP contribution in [0.1, 0.15) is 92.4 Å². The van der Waals surface area contributed by atoms with Gasteiger partial charge in [0.1, 0.15) is 5.67 Å². The molecular formula is C30H43F. The van der Waals surface area contributed by atoms with E-state index in [1.54, 1.807) is 0 Å². The number of allylic oxidation sites excluding steroid dienone is 12. The van der Waals surface area contributed by atoms with E-state index in [9.17, 15) is 0 Å². The zero-order valence-corrected chi connectivity index (χ0v) is 20.6. The molecule has 0 radical (unpaired) electrons. The van der Waals surface area contributed by atoms with Crippen LogP contribution in [0.5, 0.6) is 0 Å². The fourth-order valence-electron chi connectivity index (χ4n) is 5.30. The number of hydrogen-bond acceptors (Lipinski definition) is 0. The molecule has 0 spiro atoms. The molecule has 2 aliphatic carbocycles. The van der Waals surface area contributed by atoms with Gasteiger partial charge in [-0.2, -0.15) is 0 Å². The van der Waals surface area contributed by atoms with Crippen LogP contribution >= 0.6 is 0 Å². The molecule has 1 unspecified atom stereocenters. The van der Waals surface area contributed by atoms with Crippen LogP contribution in [0.4, 0.5) is 4.39 Å². The van der Waals surface area contributed by atoms with Crippen molar-refractivity contribution in [1.82, 2.24) is 0 Å². The zero-order chi connectivity index (χ0) is 23.0. The molecule has 31 heavy (non-hydrogen) atoms. The van der Waals surface area contributed by atoms with E-state index in [0.29, 0.717) is 6.42 Å². The Morgan fingerprint density at radius 2 is 1.81 bits per heavy atom. The zero-order valence-electron chi connectivity index (χ0n) is 20.6. The third-order valence-electron chi connectivity index (χ3n) is 7.29. The first kappa shape index (κ1) is 25.4. The van der Waals surface area contributed by atoms with E-state index >= 15 is 4.39 Å². The molecular weight excluding hydrogens is 379 g/mol. The molecule has 1 fully saturated rings. The molecule has 2 aliphatic rings. The number of rotatable bonds is 9. The minimum absolute atomic E-state index is 0.218. The van der Waals surface area contributed by atoms with Gasteiger partial charge < -0.3 is 0 Å². The molecule has 0 aromatic heterocycles. The van der Waals surface area contributed by atoms with E-state index in [0.717, 1.165) is 50.5 Å². The summed E-state index contributed by atoms with van der Waals surface area (Å²) in [5.74, 6) is 0.218. The van der Waals surface area contributed by atoms with Gasteiger partial charge in [0, 0.05) is 0 Å². The van der Waals surface area contributed by atoms with Crippen molar-refractivity contribution in [3.63, 3.8) is 0 Å². The van der Waals surface area contributed by atoms with Gasteiger partial charge in [0.15, 0.2) is 0 Å². The lowest BCUT2D eigenvalue weighted by molar-refractivity contribution is 0.0827. The highest BCUT2D eigenvalue weighted by molar-refractivity contribution is 5.58. The quantitative estimate of drug-likeness (QED) is 0.324. The van der Waals surface area contributed by atoms with Crippen LogP contribution in [0.15, 0.2) is 82.5 Å². The van der Waals surface area contributed by atoms with Gasteiger partial charge in [0.2, 0.25) is 0 Å². The first-order valence-corrected chi connectivity index (χ1v) is 12.3. The van der Waals surface area contributed by atoms with Crippen molar-refractivity contribution < 1.29 is 4.39 Å². The predicted octanol–water partition coefficient (Wildman–Crippen LogP) is 9.69. The minimum atomic E-state index is -1.01. The van der Waals surface area contributed by atoms with Gasteiger partial charge in [-0.3, -0.25) is 0 Å². The Bertz CT molecular complexity index is 818. The second-order valence-electron chi connectivity index (χ2n) is 9.33. The van der Waals surface area contributed by atoms with Crippen molar-refractivity contribution in [2.24, 2.45) is 5.92 Å². The molecule has 0 bridgehead atoms. The lowest BCUT2D eigenvalue weighted by atomic mass is 9.74. The van der Waals surface area contributed by atoms with Crippen LogP contribution in [0.2, 0.25) is 0 Å². The predicted molar refractivity (Wildman–Crippen MR) is 136 cm³/mol. The fraction of sp³-hybridized carbons (Fsp3) is 0.533. The van der Waals surface area contributed by atoms with Gasteiger partial charge in [0.25, 0.3) is 0 Å². The van der Waals surface area contributed by atoms with Crippen LogP contribution in [0, 0.1) is 5.92 Å². The Balaban J connectivity index is 2.51. The average Bonchev–Trinajstić information content (AvgIpc) is 2.76. The van der Waals surface area contributed by atoms with Crippen LogP contribution in [0.25, 0.3) is 0 Å². The van der Waals surface area contributed by atoms with Gasteiger partial charge in [-0.15, -0.1) is 0 Å². The molecule has 0 nitrogen and oxygen atoms in total. The van der Waals surface area contributed by atoms with E-state index in [1.807, 2.05) is 12.2 Å². The Hall–Kier alpha value is -1.89. The summed E-state index contributed by atoms with van der Waals surface area (Å²) >= 11 is 0. The van der Waals surface area contributed by atoms with Crippen LogP contribution in [-0.2, 0) is 0 Å². The normalized spacial score (nSPS) is 23.3. The monoisotopic (exact) mass is 422 g/mol. The molecule has 170 valence electrons. The van der Waals surface area contributed by atoms with Crippen molar-refractivity contribution in [2.45, 2.75) is 98.1 Å². The molecule has 0 saturated heterocycles. The second-order valence-corrected chi connectivity index (χ2v) is 9.33. The fourth-order valence-corrected chi connectivity index (χ4v) is 5.30. The van der Waals surface area contributed by atoms with E-state index in [-0.39, 0.29) is 5.92 Å². The van der Waals surface area contributed by atoms with Crippen molar-refractivity contribution in [2.75, 3.05) is 0 Å². The topological polar surface area (TPSA) is 0 Å². The van der Waals surface area contributed by atoms with Gasteiger partial charge in [-0.1, -0.05) is 82.2 Å².